The molecule has 4 nitrogen and oxygen atoms in total. The van der Waals surface area contributed by atoms with Gasteiger partial charge in [0, 0.05) is 0 Å². The molecule has 2 unspecified atom stereocenters. The normalized spacial score (nSPS) is 26.2. The van der Waals surface area contributed by atoms with Crippen molar-refractivity contribution < 1.29 is 13.0 Å². The highest BCUT2D eigenvalue weighted by Gasteiger charge is 2.28. The topological polar surface area (TPSA) is 66.4 Å². The van der Waals surface area contributed by atoms with E-state index in [9.17, 15) is 8.42 Å². The largest absolute Gasteiger partial charge is 0.316 e. The van der Waals surface area contributed by atoms with Crippen LogP contribution < -0.4 is 5.32 Å². The lowest BCUT2D eigenvalue weighted by Gasteiger charge is -2.23. The number of rotatable bonds is 1. The molecule has 2 fully saturated rings. The molecular weight excluding hydrogens is 262 g/mol. The van der Waals surface area contributed by atoms with Gasteiger partial charge in [0.1, 0.15) is 0 Å². The average molecular weight is 283 g/mol. The molecule has 3 rings (SSSR count). The predicted octanol–water partition coefficient (Wildman–Crippen LogP) is 2.33. The molecule has 1 aliphatic carbocycles. The monoisotopic (exact) mass is 283 g/mol. The van der Waals surface area contributed by atoms with E-state index in [1.165, 1.54) is 50.9 Å². The van der Waals surface area contributed by atoms with Crippen molar-refractivity contribution in [2.45, 2.75) is 30.6 Å². The molecule has 0 radical (unpaired) electrons. The van der Waals surface area contributed by atoms with E-state index in [0.29, 0.717) is 0 Å². The molecule has 1 saturated carbocycles. The third kappa shape index (κ3) is 4.30. The number of hydrogen-bond donors (Lipinski definition) is 2. The molecule has 1 aromatic rings. The minimum absolute atomic E-state index is 0.0741. The summed E-state index contributed by atoms with van der Waals surface area (Å²) in [5.74, 6) is 2.11. The molecule has 0 spiro atoms. The van der Waals surface area contributed by atoms with Crippen molar-refractivity contribution in [2.24, 2.45) is 11.8 Å². The lowest BCUT2D eigenvalue weighted by atomic mass is 9.82. The lowest BCUT2D eigenvalue weighted by Crippen LogP contribution is -2.16. The molecule has 19 heavy (non-hydrogen) atoms. The summed E-state index contributed by atoms with van der Waals surface area (Å²) in [6.45, 7) is 2.62. The van der Waals surface area contributed by atoms with E-state index < -0.39 is 10.1 Å². The zero-order valence-corrected chi connectivity index (χ0v) is 11.8. The Labute approximate surface area is 115 Å². The van der Waals surface area contributed by atoms with E-state index >= 15 is 0 Å². The third-order valence-electron chi connectivity index (χ3n) is 3.92. The number of benzene rings is 1. The maximum Gasteiger partial charge on any atom is 0.294 e. The van der Waals surface area contributed by atoms with Crippen molar-refractivity contribution in [1.29, 1.82) is 0 Å². The summed E-state index contributed by atoms with van der Waals surface area (Å²) >= 11 is 0. The molecule has 2 atom stereocenters. The fraction of sp³-hybridized carbons (Fsp3) is 0.571. The minimum atomic E-state index is -4.00. The van der Waals surface area contributed by atoms with Gasteiger partial charge in [-0.05, 0) is 49.9 Å². The molecule has 0 amide bonds. The summed E-state index contributed by atoms with van der Waals surface area (Å²) in [5, 5.41) is 3.46. The Bertz CT molecular complexity index is 475. The summed E-state index contributed by atoms with van der Waals surface area (Å²) in [6, 6.07) is 7.42. The van der Waals surface area contributed by atoms with Gasteiger partial charge in [-0.25, -0.2) is 0 Å². The second kappa shape index (κ2) is 6.50. The van der Waals surface area contributed by atoms with E-state index in [1.54, 1.807) is 18.2 Å². The average Bonchev–Trinajstić information content (AvgIpc) is 2.88. The van der Waals surface area contributed by atoms with Gasteiger partial charge in [0.2, 0.25) is 0 Å². The first-order chi connectivity index (χ1) is 9.07. The Balaban J connectivity index is 0.000000141. The van der Waals surface area contributed by atoms with Crippen molar-refractivity contribution in [2.75, 3.05) is 13.1 Å². The maximum absolute atomic E-state index is 10.4. The van der Waals surface area contributed by atoms with Crippen molar-refractivity contribution in [1.82, 2.24) is 5.32 Å². The van der Waals surface area contributed by atoms with E-state index in [4.69, 9.17) is 4.55 Å². The van der Waals surface area contributed by atoms with Crippen molar-refractivity contribution in [3.63, 3.8) is 0 Å². The van der Waals surface area contributed by atoms with Crippen LogP contribution in [-0.2, 0) is 10.1 Å². The number of hydrogen-bond acceptors (Lipinski definition) is 3. The Morgan fingerprint density at radius 3 is 1.95 bits per heavy atom. The lowest BCUT2D eigenvalue weighted by molar-refractivity contribution is 0.299. The van der Waals surface area contributed by atoms with Gasteiger partial charge in [0.05, 0.1) is 4.90 Å². The van der Waals surface area contributed by atoms with Gasteiger partial charge in [-0.2, -0.15) is 8.42 Å². The first kappa shape index (κ1) is 14.5. The van der Waals surface area contributed by atoms with Crippen LogP contribution in [0.1, 0.15) is 25.7 Å². The summed E-state index contributed by atoms with van der Waals surface area (Å²) in [4.78, 5) is -0.0741. The molecule has 0 bridgehead atoms. The molecule has 106 valence electrons. The SMILES string of the molecule is C1CCC2CNCC2C1.O=S(=O)(O)c1ccccc1. The summed E-state index contributed by atoms with van der Waals surface area (Å²) < 4.78 is 29.2. The molecule has 1 aromatic carbocycles. The van der Waals surface area contributed by atoms with Gasteiger partial charge >= 0.3 is 0 Å². The Hall–Kier alpha value is -0.910. The van der Waals surface area contributed by atoms with Gasteiger partial charge in [-0.1, -0.05) is 31.0 Å². The van der Waals surface area contributed by atoms with Crippen LogP contribution in [0, 0.1) is 11.8 Å². The fourth-order valence-corrected chi connectivity index (χ4v) is 3.37. The molecule has 5 heteroatoms. The van der Waals surface area contributed by atoms with Crippen molar-refractivity contribution in [3.05, 3.63) is 30.3 Å². The quantitative estimate of drug-likeness (QED) is 0.776. The van der Waals surface area contributed by atoms with Gasteiger partial charge < -0.3 is 5.32 Å². The maximum atomic E-state index is 10.4. The number of fused-ring (bicyclic) bond motifs is 1. The van der Waals surface area contributed by atoms with E-state index in [2.05, 4.69) is 5.32 Å². The molecule has 0 aromatic heterocycles. The van der Waals surface area contributed by atoms with Gasteiger partial charge in [-0.3, -0.25) is 4.55 Å². The summed E-state index contributed by atoms with van der Waals surface area (Å²) in [5.41, 5.74) is 0. The zero-order valence-electron chi connectivity index (χ0n) is 11.0. The second-order valence-corrected chi connectivity index (χ2v) is 6.67. The third-order valence-corrected chi connectivity index (χ3v) is 4.79. The molecular formula is C14H21NO3S. The molecule has 1 saturated heterocycles. The smallest absolute Gasteiger partial charge is 0.294 e. The minimum Gasteiger partial charge on any atom is -0.316 e. The van der Waals surface area contributed by atoms with E-state index in [-0.39, 0.29) is 4.90 Å². The van der Waals surface area contributed by atoms with Crippen LogP contribution in [0.3, 0.4) is 0 Å². The van der Waals surface area contributed by atoms with E-state index in [0.717, 1.165) is 11.8 Å². The van der Waals surface area contributed by atoms with Crippen LogP contribution in [-0.4, -0.2) is 26.1 Å². The Morgan fingerprint density at radius 1 is 1.00 bits per heavy atom. The van der Waals surface area contributed by atoms with E-state index in [1.807, 2.05) is 0 Å². The van der Waals surface area contributed by atoms with Crippen LogP contribution in [0.25, 0.3) is 0 Å². The fourth-order valence-electron chi connectivity index (χ4n) is 2.87. The van der Waals surface area contributed by atoms with Gasteiger partial charge in [0.15, 0.2) is 0 Å². The van der Waals surface area contributed by atoms with Crippen LogP contribution in [0.5, 0.6) is 0 Å². The summed E-state index contributed by atoms with van der Waals surface area (Å²) in [7, 11) is -4.00. The van der Waals surface area contributed by atoms with Crippen molar-refractivity contribution in [3.8, 4) is 0 Å². The number of nitrogens with one attached hydrogen (secondary N) is 1. The van der Waals surface area contributed by atoms with Crippen LogP contribution in [0.2, 0.25) is 0 Å². The van der Waals surface area contributed by atoms with Crippen LogP contribution >= 0.6 is 0 Å². The highest BCUT2D eigenvalue weighted by atomic mass is 32.2. The molecule has 1 aliphatic heterocycles. The summed E-state index contributed by atoms with van der Waals surface area (Å²) in [6.07, 6.45) is 5.97. The first-order valence-electron chi connectivity index (χ1n) is 6.80. The standard InChI is InChI=1S/C8H15N.C6H6O3S/c1-2-4-8-6-9-5-7(8)3-1;7-10(8,9)6-4-2-1-3-5-6/h7-9H,1-6H2;1-5H,(H,7,8,9). The van der Waals surface area contributed by atoms with Crippen molar-refractivity contribution >= 4 is 10.1 Å². The van der Waals surface area contributed by atoms with Crippen LogP contribution in [0.4, 0.5) is 0 Å². The second-order valence-electron chi connectivity index (χ2n) is 5.25. The van der Waals surface area contributed by atoms with Crippen LogP contribution in [0.15, 0.2) is 35.2 Å². The highest BCUT2D eigenvalue weighted by molar-refractivity contribution is 7.85. The predicted molar refractivity (Wildman–Crippen MR) is 74.6 cm³/mol. The molecule has 2 N–H and O–H groups in total. The molecule has 1 heterocycles. The van der Waals surface area contributed by atoms with Gasteiger partial charge in [-0.15, -0.1) is 0 Å². The highest BCUT2D eigenvalue weighted by Crippen LogP contribution is 2.31. The molecule has 2 aliphatic rings. The Morgan fingerprint density at radius 2 is 1.53 bits per heavy atom. The zero-order chi connectivity index (χ0) is 13.7. The Kier molecular flexibility index (Phi) is 4.96. The van der Waals surface area contributed by atoms with Gasteiger partial charge in [0.25, 0.3) is 10.1 Å². The first-order valence-corrected chi connectivity index (χ1v) is 8.24.